The van der Waals surface area contributed by atoms with Crippen molar-refractivity contribution in [1.82, 2.24) is 4.72 Å². The van der Waals surface area contributed by atoms with E-state index < -0.39 is 10.0 Å². The third kappa shape index (κ3) is 4.47. The van der Waals surface area contributed by atoms with E-state index in [1.54, 1.807) is 12.1 Å². The molecule has 7 heteroatoms. The third-order valence-electron chi connectivity index (χ3n) is 4.19. The number of sulfonamides is 1. The Balaban J connectivity index is 1.63. The summed E-state index contributed by atoms with van der Waals surface area (Å²) in [6.45, 7) is 1.43. The number of hydrogen-bond acceptors (Lipinski definition) is 5. The first-order valence-electron chi connectivity index (χ1n) is 8.61. The first kappa shape index (κ1) is 18.5. The third-order valence-corrected chi connectivity index (χ3v) is 5.65. The van der Waals surface area contributed by atoms with Crippen molar-refractivity contribution in [2.75, 3.05) is 38.8 Å². The molecule has 0 aliphatic carbocycles. The zero-order chi connectivity index (χ0) is 18.6. The summed E-state index contributed by atoms with van der Waals surface area (Å²) < 4.78 is 38.8. The van der Waals surface area contributed by atoms with E-state index in [9.17, 15) is 8.42 Å². The van der Waals surface area contributed by atoms with Gasteiger partial charge >= 0.3 is 0 Å². The van der Waals surface area contributed by atoms with Crippen molar-refractivity contribution in [1.29, 1.82) is 0 Å². The Hall–Kier alpha value is -2.25. The molecule has 6 nitrogen and oxygen atoms in total. The molecule has 0 saturated carbocycles. The molecule has 26 heavy (non-hydrogen) atoms. The number of nitrogens with one attached hydrogen (secondary N) is 1. The van der Waals surface area contributed by atoms with Gasteiger partial charge in [-0.3, -0.25) is 0 Å². The van der Waals surface area contributed by atoms with Crippen molar-refractivity contribution in [3.63, 3.8) is 0 Å². The fourth-order valence-corrected chi connectivity index (χ4v) is 3.73. The Kier molecular flexibility index (Phi) is 5.68. The summed E-state index contributed by atoms with van der Waals surface area (Å²) in [6.07, 6.45) is 1.40. The molecule has 0 amide bonds. The lowest BCUT2D eigenvalue weighted by molar-refractivity contribution is 0.297. The monoisotopic (exact) mass is 376 g/mol. The second-order valence-electron chi connectivity index (χ2n) is 6.37. The smallest absolute Gasteiger partial charge is 0.240 e. The highest BCUT2D eigenvalue weighted by molar-refractivity contribution is 7.89. The van der Waals surface area contributed by atoms with Crippen LogP contribution in [0.3, 0.4) is 0 Å². The van der Waals surface area contributed by atoms with Gasteiger partial charge in [0, 0.05) is 38.8 Å². The topological polar surface area (TPSA) is 67.9 Å². The van der Waals surface area contributed by atoms with Crippen LogP contribution < -0.4 is 19.1 Å². The van der Waals surface area contributed by atoms with Gasteiger partial charge in [-0.2, -0.15) is 0 Å². The van der Waals surface area contributed by atoms with Crippen molar-refractivity contribution < 1.29 is 17.9 Å². The van der Waals surface area contributed by atoms with Crippen LogP contribution in [0.4, 0.5) is 5.69 Å². The van der Waals surface area contributed by atoms with Crippen molar-refractivity contribution in [3.05, 3.63) is 48.0 Å². The minimum Gasteiger partial charge on any atom is -0.490 e. The summed E-state index contributed by atoms with van der Waals surface area (Å²) in [5.41, 5.74) is 2.19. The van der Waals surface area contributed by atoms with Crippen molar-refractivity contribution in [3.8, 4) is 11.5 Å². The number of ether oxygens (including phenoxy) is 2. The van der Waals surface area contributed by atoms with E-state index in [4.69, 9.17) is 9.47 Å². The van der Waals surface area contributed by atoms with Crippen LogP contribution in [0.2, 0.25) is 0 Å². The first-order valence-corrected chi connectivity index (χ1v) is 10.1. The van der Waals surface area contributed by atoms with E-state index in [1.807, 2.05) is 43.3 Å². The van der Waals surface area contributed by atoms with E-state index in [0.717, 1.165) is 17.7 Å². The number of nitrogens with zero attached hydrogens (tertiary/aromatic N) is 1. The van der Waals surface area contributed by atoms with E-state index in [0.29, 0.717) is 37.7 Å². The molecule has 0 saturated heterocycles. The van der Waals surface area contributed by atoms with Gasteiger partial charge in [0.2, 0.25) is 10.0 Å². The summed E-state index contributed by atoms with van der Waals surface area (Å²) in [5.74, 6) is 1.06. The van der Waals surface area contributed by atoms with Crippen LogP contribution in [-0.4, -0.2) is 42.3 Å². The van der Waals surface area contributed by atoms with Crippen LogP contribution >= 0.6 is 0 Å². The Labute approximate surface area is 154 Å². The van der Waals surface area contributed by atoms with Crippen molar-refractivity contribution >= 4 is 15.7 Å². The van der Waals surface area contributed by atoms with Gasteiger partial charge in [-0.25, -0.2) is 13.1 Å². The van der Waals surface area contributed by atoms with E-state index >= 15 is 0 Å². The van der Waals surface area contributed by atoms with Crippen LogP contribution in [0.15, 0.2) is 47.4 Å². The van der Waals surface area contributed by atoms with Crippen molar-refractivity contribution in [2.45, 2.75) is 17.7 Å². The zero-order valence-electron chi connectivity index (χ0n) is 15.1. The maximum absolute atomic E-state index is 12.5. The first-order chi connectivity index (χ1) is 12.5. The molecule has 1 aliphatic rings. The lowest BCUT2D eigenvalue weighted by Gasteiger charge is -2.13. The predicted octanol–water partition coefficient (Wildman–Crippen LogP) is 2.43. The molecule has 0 radical (unpaired) electrons. The molecule has 1 aliphatic heterocycles. The standard InChI is InChI=1S/C19H24N2O4S/c1-21(2)16-6-4-15(5-7-16)10-11-20-26(22,23)17-8-9-18-19(14-17)25-13-3-12-24-18/h4-9,14,20H,3,10-13H2,1-2H3. The molecule has 2 aromatic rings. The number of benzene rings is 2. The molecule has 0 unspecified atom stereocenters. The molecule has 3 rings (SSSR count). The Morgan fingerprint density at radius 3 is 2.38 bits per heavy atom. The molecule has 1 heterocycles. The number of rotatable bonds is 6. The van der Waals surface area contributed by atoms with E-state index in [2.05, 4.69) is 4.72 Å². The number of hydrogen-bond donors (Lipinski definition) is 1. The van der Waals surface area contributed by atoms with Gasteiger partial charge in [0.15, 0.2) is 11.5 Å². The maximum Gasteiger partial charge on any atom is 0.240 e. The predicted molar refractivity (Wildman–Crippen MR) is 102 cm³/mol. The van der Waals surface area contributed by atoms with Crippen LogP contribution in [0.5, 0.6) is 11.5 Å². The van der Waals surface area contributed by atoms with Crippen molar-refractivity contribution in [2.24, 2.45) is 0 Å². The quantitative estimate of drug-likeness (QED) is 0.839. The molecule has 0 fully saturated rings. The van der Waals surface area contributed by atoms with Gasteiger partial charge in [-0.05, 0) is 36.2 Å². The highest BCUT2D eigenvalue weighted by Crippen LogP contribution is 2.31. The van der Waals surface area contributed by atoms with Crippen LogP contribution in [0.25, 0.3) is 0 Å². The summed E-state index contributed by atoms with van der Waals surface area (Å²) in [5, 5.41) is 0. The number of fused-ring (bicyclic) bond motifs is 1. The fourth-order valence-electron chi connectivity index (χ4n) is 2.68. The van der Waals surface area contributed by atoms with Crippen LogP contribution in [-0.2, 0) is 16.4 Å². The van der Waals surface area contributed by atoms with Crippen LogP contribution in [0.1, 0.15) is 12.0 Å². The lowest BCUT2D eigenvalue weighted by atomic mass is 10.1. The Bertz CT molecular complexity index is 848. The van der Waals surface area contributed by atoms with Gasteiger partial charge in [-0.1, -0.05) is 12.1 Å². The molecule has 0 spiro atoms. The summed E-state index contributed by atoms with van der Waals surface area (Å²) >= 11 is 0. The normalized spacial score (nSPS) is 13.9. The molecule has 0 atom stereocenters. The molecular weight excluding hydrogens is 352 g/mol. The number of anilines is 1. The Morgan fingerprint density at radius 1 is 1.00 bits per heavy atom. The summed E-state index contributed by atoms with van der Waals surface area (Å²) in [4.78, 5) is 2.21. The maximum atomic E-state index is 12.5. The fraction of sp³-hybridized carbons (Fsp3) is 0.368. The van der Waals surface area contributed by atoms with Gasteiger partial charge in [-0.15, -0.1) is 0 Å². The van der Waals surface area contributed by atoms with Gasteiger partial charge in [0.1, 0.15) is 0 Å². The summed E-state index contributed by atoms with van der Waals surface area (Å²) in [7, 11) is 0.378. The van der Waals surface area contributed by atoms with Gasteiger partial charge < -0.3 is 14.4 Å². The highest BCUT2D eigenvalue weighted by Gasteiger charge is 2.18. The SMILES string of the molecule is CN(C)c1ccc(CCNS(=O)(=O)c2ccc3c(c2)OCCCO3)cc1. The van der Waals surface area contributed by atoms with E-state index in [1.165, 1.54) is 6.07 Å². The highest BCUT2D eigenvalue weighted by atomic mass is 32.2. The average molecular weight is 376 g/mol. The minimum absolute atomic E-state index is 0.185. The molecule has 2 aromatic carbocycles. The molecule has 0 aromatic heterocycles. The molecule has 140 valence electrons. The van der Waals surface area contributed by atoms with Gasteiger partial charge in [0.05, 0.1) is 18.1 Å². The average Bonchev–Trinajstić information content (AvgIpc) is 2.86. The molecule has 1 N–H and O–H groups in total. The lowest BCUT2D eigenvalue weighted by Crippen LogP contribution is -2.26. The minimum atomic E-state index is -3.59. The molecule has 0 bridgehead atoms. The largest absolute Gasteiger partial charge is 0.490 e. The van der Waals surface area contributed by atoms with E-state index in [-0.39, 0.29) is 4.90 Å². The summed E-state index contributed by atoms with van der Waals surface area (Å²) in [6, 6.07) is 12.8. The van der Waals surface area contributed by atoms with Crippen LogP contribution in [0, 0.1) is 0 Å². The second-order valence-corrected chi connectivity index (χ2v) is 8.13. The Morgan fingerprint density at radius 2 is 1.69 bits per heavy atom. The van der Waals surface area contributed by atoms with Gasteiger partial charge in [0.25, 0.3) is 0 Å². The molecular formula is C19H24N2O4S. The zero-order valence-corrected chi connectivity index (χ0v) is 15.9. The second kappa shape index (κ2) is 7.97.